The minimum Gasteiger partial charge on any atom is -0.363 e. The molecule has 0 unspecified atom stereocenters. The maximum Gasteiger partial charge on any atom is 0.284 e. The highest BCUT2D eigenvalue weighted by Crippen LogP contribution is 2.17. The van der Waals surface area contributed by atoms with E-state index in [4.69, 9.17) is 5.26 Å². The van der Waals surface area contributed by atoms with Gasteiger partial charge in [-0.25, -0.2) is 0 Å². The molecule has 0 saturated carbocycles. The standard InChI is InChI=1S/C11H17N5OS/c1-8(2)7-16(6-4-5-12)10(17)9-14-15-11(13-3)18-9/h8H,4,6-7H2,1-3H3,(H,13,15). The van der Waals surface area contributed by atoms with Crippen molar-refractivity contribution in [1.82, 2.24) is 15.1 Å². The number of nitrogens with zero attached hydrogens (tertiary/aromatic N) is 4. The third-order valence-corrected chi connectivity index (χ3v) is 3.12. The number of aromatic nitrogens is 2. The Morgan fingerprint density at radius 1 is 1.56 bits per heavy atom. The molecule has 0 saturated heterocycles. The molecule has 98 valence electrons. The van der Waals surface area contributed by atoms with E-state index in [2.05, 4.69) is 21.6 Å². The van der Waals surface area contributed by atoms with E-state index in [0.29, 0.717) is 35.6 Å². The van der Waals surface area contributed by atoms with E-state index in [1.807, 2.05) is 13.8 Å². The normalized spacial score (nSPS) is 10.2. The van der Waals surface area contributed by atoms with E-state index >= 15 is 0 Å². The maximum absolute atomic E-state index is 12.2. The van der Waals surface area contributed by atoms with Crippen molar-refractivity contribution in [3.05, 3.63) is 5.01 Å². The van der Waals surface area contributed by atoms with Crippen molar-refractivity contribution < 1.29 is 4.79 Å². The summed E-state index contributed by atoms with van der Waals surface area (Å²) in [5.41, 5.74) is 0. The third kappa shape index (κ3) is 3.96. The number of hydrogen-bond acceptors (Lipinski definition) is 6. The summed E-state index contributed by atoms with van der Waals surface area (Å²) < 4.78 is 0. The van der Waals surface area contributed by atoms with Crippen LogP contribution in [0.4, 0.5) is 5.13 Å². The van der Waals surface area contributed by atoms with Gasteiger partial charge in [0.1, 0.15) is 0 Å². The molecule has 18 heavy (non-hydrogen) atoms. The summed E-state index contributed by atoms with van der Waals surface area (Å²) in [6.45, 7) is 5.12. The van der Waals surface area contributed by atoms with Crippen molar-refractivity contribution >= 4 is 22.4 Å². The molecule has 6 nitrogen and oxygen atoms in total. The van der Waals surface area contributed by atoms with Gasteiger partial charge >= 0.3 is 0 Å². The van der Waals surface area contributed by atoms with Gasteiger partial charge in [0.25, 0.3) is 5.91 Å². The van der Waals surface area contributed by atoms with E-state index in [-0.39, 0.29) is 5.91 Å². The van der Waals surface area contributed by atoms with Crippen LogP contribution >= 0.6 is 11.3 Å². The van der Waals surface area contributed by atoms with Gasteiger partial charge in [0, 0.05) is 20.1 Å². The second-order valence-electron chi connectivity index (χ2n) is 4.22. The van der Waals surface area contributed by atoms with Crippen LogP contribution in [0.15, 0.2) is 0 Å². The lowest BCUT2D eigenvalue weighted by atomic mass is 10.2. The molecule has 1 amide bonds. The topological polar surface area (TPSA) is 81.9 Å². The summed E-state index contributed by atoms with van der Waals surface area (Å²) in [4.78, 5) is 13.9. The molecule has 0 aliphatic rings. The maximum atomic E-state index is 12.2. The highest BCUT2D eigenvalue weighted by molar-refractivity contribution is 7.17. The van der Waals surface area contributed by atoms with Gasteiger partial charge in [-0.3, -0.25) is 4.79 Å². The summed E-state index contributed by atoms with van der Waals surface area (Å²) in [5.74, 6) is 0.197. The summed E-state index contributed by atoms with van der Waals surface area (Å²) in [6, 6.07) is 2.06. The largest absolute Gasteiger partial charge is 0.363 e. The van der Waals surface area contributed by atoms with Crippen molar-refractivity contribution in [3.8, 4) is 6.07 Å². The molecule has 0 spiro atoms. The van der Waals surface area contributed by atoms with E-state index < -0.39 is 0 Å². The molecule has 0 aromatic carbocycles. The first-order valence-corrected chi connectivity index (χ1v) is 6.57. The van der Waals surface area contributed by atoms with Gasteiger partial charge in [-0.05, 0) is 5.92 Å². The van der Waals surface area contributed by atoms with Crippen LogP contribution in [-0.2, 0) is 0 Å². The fourth-order valence-electron chi connectivity index (χ4n) is 1.45. The predicted molar refractivity (Wildman–Crippen MR) is 70.4 cm³/mol. The number of rotatable bonds is 6. The molecule has 0 aliphatic heterocycles. The lowest BCUT2D eigenvalue weighted by Crippen LogP contribution is -2.35. The van der Waals surface area contributed by atoms with Gasteiger partial charge in [-0.1, -0.05) is 25.2 Å². The van der Waals surface area contributed by atoms with Crippen molar-refractivity contribution in [1.29, 1.82) is 5.26 Å². The summed E-state index contributed by atoms with van der Waals surface area (Å²) in [6.07, 6.45) is 0.330. The molecular weight excluding hydrogens is 250 g/mol. The number of carbonyl (C=O) groups excluding carboxylic acids is 1. The predicted octanol–water partition coefficient (Wildman–Crippen LogP) is 1.59. The zero-order valence-corrected chi connectivity index (χ0v) is 11.6. The molecule has 1 heterocycles. The van der Waals surface area contributed by atoms with Gasteiger partial charge < -0.3 is 10.2 Å². The van der Waals surface area contributed by atoms with Crippen molar-refractivity contribution in [2.75, 3.05) is 25.5 Å². The zero-order chi connectivity index (χ0) is 13.5. The number of carbonyl (C=O) groups is 1. The van der Waals surface area contributed by atoms with Gasteiger partial charge in [0.15, 0.2) is 0 Å². The third-order valence-electron chi connectivity index (χ3n) is 2.19. The van der Waals surface area contributed by atoms with Crippen LogP contribution in [0.25, 0.3) is 0 Å². The summed E-state index contributed by atoms with van der Waals surface area (Å²) in [5, 5.41) is 20.1. The van der Waals surface area contributed by atoms with Gasteiger partial charge in [0.2, 0.25) is 10.1 Å². The summed E-state index contributed by atoms with van der Waals surface area (Å²) in [7, 11) is 1.73. The molecule has 0 fully saturated rings. The smallest absolute Gasteiger partial charge is 0.284 e. The Morgan fingerprint density at radius 2 is 2.28 bits per heavy atom. The SMILES string of the molecule is CNc1nnc(C(=O)N(CCC#N)CC(C)C)s1. The average Bonchev–Trinajstić information content (AvgIpc) is 2.81. The van der Waals surface area contributed by atoms with Crippen LogP contribution in [0.1, 0.15) is 30.1 Å². The minimum absolute atomic E-state index is 0.155. The monoisotopic (exact) mass is 267 g/mol. The first kappa shape index (κ1) is 14.4. The lowest BCUT2D eigenvalue weighted by molar-refractivity contribution is 0.0738. The Hall–Kier alpha value is -1.68. The molecule has 1 rings (SSSR count). The highest BCUT2D eigenvalue weighted by atomic mass is 32.1. The van der Waals surface area contributed by atoms with Crippen LogP contribution in [0.5, 0.6) is 0 Å². The number of nitrogens with one attached hydrogen (secondary N) is 1. The van der Waals surface area contributed by atoms with Crippen molar-refractivity contribution in [2.24, 2.45) is 5.92 Å². The Morgan fingerprint density at radius 3 is 2.78 bits per heavy atom. The van der Waals surface area contributed by atoms with Crippen LogP contribution in [-0.4, -0.2) is 41.1 Å². The van der Waals surface area contributed by atoms with Gasteiger partial charge in [-0.2, -0.15) is 5.26 Å². The average molecular weight is 267 g/mol. The van der Waals surface area contributed by atoms with E-state index in [1.54, 1.807) is 11.9 Å². The highest BCUT2D eigenvalue weighted by Gasteiger charge is 2.20. The molecule has 7 heteroatoms. The van der Waals surface area contributed by atoms with Gasteiger partial charge in [-0.15, -0.1) is 10.2 Å². The van der Waals surface area contributed by atoms with Crippen LogP contribution in [0, 0.1) is 17.2 Å². The fraction of sp³-hybridized carbons (Fsp3) is 0.636. The van der Waals surface area contributed by atoms with Crippen LogP contribution < -0.4 is 5.32 Å². The number of anilines is 1. The summed E-state index contributed by atoms with van der Waals surface area (Å²) >= 11 is 1.22. The number of hydrogen-bond donors (Lipinski definition) is 1. The minimum atomic E-state index is -0.155. The Labute approximate surface area is 111 Å². The van der Waals surface area contributed by atoms with E-state index in [0.717, 1.165) is 0 Å². The molecule has 1 N–H and O–H groups in total. The Balaban J connectivity index is 2.77. The van der Waals surface area contributed by atoms with Crippen molar-refractivity contribution in [2.45, 2.75) is 20.3 Å². The van der Waals surface area contributed by atoms with Crippen LogP contribution in [0.2, 0.25) is 0 Å². The lowest BCUT2D eigenvalue weighted by Gasteiger charge is -2.22. The van der Waals surface area contributed by atoms with E-state index in [1.165, 1.54) is 11.3 Å². The molecule has 0 atom stereocenters. The molecular formula is C11H17N5OS. The zero-order valence-electron chi connectivity index (χ0n) is 10.8. The second-order valence-corrected chi connectivity index (χ2v) is 5.19. The van der Waals surface area contributed by atoms with Crippen molar-refractivity contribution in [3.63, 3.8) is 0 Å². The first-order chi connectivity index (χ1) is 8.58. The quantitative estimate of drug-likeness (QED) is 0.846. The molecule has 1 aromatic rings. The first-order valence-electron chi connectivity index (χ1n) is 5.76. The molecule has 0 radical (unpaired) electrons. The van der Waals surface area contributed by atoms with E-state index in [9.17, 15) is 4.79 Å². The Kier molecular flexibility index (Phi) is 5.52. The van der Waals surface area contributed by atoms with Crippen LogP contribution in [0.3, 0.4) is 0 Å². The molecule has 1 aromatic heterocycles. The fourth-order valence-corrected chi connectivity index (χ4v) is 2.11. The van der Waals surface area contributed by atoms with Gasteiger partial charge in [0.05, 0.1) is 12.5 Å². The Bertz CT molecular complexity index is 437. The number of amides is 1. The number of nitriles is 1. The second kappa shape index (κ2) is 6.91. The molecule has 0 aliphatic carbocycles. The molecule has 0 bridgehead atoms.